The van der Waals surface area contributed by atoms with Crippen LogP contribution in [0.25, 0.3) is 0 Å². The third-order valence-electron chi connectivity index (χ3n) is 3.10. The van der Waals surface area contributed by atoms with Crippen LogP contribution in [0.4, 0.5) is 5.69 Å². The number of benzene rings is 2. The summed E-state index contributed by atoms with van der Waals surface area (Å²) >= 11 is 5.96. The normalized spacial score (nSPS) is 11.0. The molecule has 2 aromatic carbocycles. The van der Waals surface area contributed by atoms with Gasteiger partial charge in [-0.3, -0.25) is 4.72 Å². The van der Waals surface area contributed by atoms with Crippen LogP contribution in [0.5, 0.6) is 0 Å². The van der Waals surface area contributed by atoms with Crippen LogP contribution in [0.2, 0.25) is 5.02 Å². The smallest absolute Gasteiger partial charge is 0.338 e. The zero-order chi connectivity index (χ0) is 16.3. The van der Waals surface area contributed by atoms with Crippen molar-refractivity contribution in [2.45, 2.75) is 11.8 Å². The predicted molar refractivity (Wildman–Crippen MR) is 84.8 cm³/mol. The Kier molecular flexibility index (Phi) is 4.73. The van der Waals surface area contributed by atoms with Crippen LogP contribution in [0.3, 0.4) is 0 Å². The van der Waals surface area contributed by atoms with E-state index < -0.39 is 16.0 Å². The molecule has 0 fully saturated rings. The minimum Gasteiger partial charge on any atom is -0.465 e. The van der Waals surface area contributed by atoms with Gasteiger partial charge in [-0.15, -0.1) is 0 Å². The van der Waals surface area contributed by atoms with Crippen molar-refractivity contribution in [3.8, 4) is 0 Å². The Labute approximate surface area is 133 Å². The molecule has 1 N–H and O–H groups in total. The van der Waals surface area contributed by atoms with E-state index in [1.54, 1.807) is 31.2 Å². The molecule has 2 aromatic rings. The Morgan fingerprint density at radius 2 is 1.82 bits per heavy atom. The van der Waals surface area contributed by atoms with Crippen molar-refractivity contribution in [3.05, 3.63) is 58.6 Å². The molecule has 0 saturated carbocycles. The SMILES string of the molecule is COC(=O)c1cccc(S(=O)(=O)Nc2ccccc2Cl)c1C. The van der Waals surface area contributed by atoms with Crippen LogP contribution in [0.1, 0.15) is 15.9 Å². The number of halogens is 1. The second-order valence-electron chi connectivity index (χ2n) is 4.51. The maximum absolute atomic E-state index is 12.5. The highest BCUT2D eigenvalue weighted by molar-refractivity contribution is 7.92. The Bertz CT molecular complexity index is 818. The van der Waals surface area contributed by atoms with Gasteiger partial charge >= 0.3 is 5.97 Å². The molecule has 0 aromatic heterocycles. The molecule has 2 rings (SSSR count). The molecule has 22 heavy (non-hydrogen) atoms. The zero-order valence-corrected chi connectivity index (χ0v) is 13.5. The monoisotopic (exact) mass is 339 g/mol. The molecule has 0 atom stereocenters. The largest absolute Gasteiger partial charge is 0.465 e. The fourth-order valence-corrected chi connectivity index (χ4v) is 3.57. The number of hydrogen-bond donors (Lipinski definition) is 1. The summed E-state index contributed by atoms with van der Waals surface area (Å²) in [5.41, 5.74) is 0.783. The fourth-order valence-electron chi connectivity index (χ4n) is 1.98. The lowest BCUT2D eigenvalue weighted by Gasteiger charge is -2.13. The van der Waals surface area contributed by atoms with Crippen LogP contribution in [0, 0.1) is 6.92 Å². The van der Waals surface area contributed by atoms with Gasteiger partial charge in [0.2, 0.25) is 0 Å². The maximum Gasteiger partial charge on any atom is 0.338 e. The summed E-state index contributed by atoms with van der Waals surface area (Å²) in [5, 5.41) is 0.285. The average molecular weight is 340 g/mol. The number of carbonyl (C=O) groups excluding carboxylic acids is 1. The van der Waals surface area contributed by atoms with Gasteiger partial charge in [-0.05, 0) is 36.8 Å². The highest BCUT2D eigenvalue weighted by atomic mass is 35.5. The summed E-state index contributed by atoms with van der Waals surface area (Å²) in [6.07, 6.45) is 0. The molecule has 0 bridgehead atoms. The number of anilines is 1. The second-order valence-corrected chi connectivity index (χ2v) is 6.56. The third kappa shape index (κ3) is 3.23. The molecule has 0 heterocycles. The van der Waals surface area contributed by atoms with E-state index in [0.29, 0.717) is 5.56 Å². The number of ether oxygens (including phenoxy) is 1. The van der Waals surface area contributed by atoms with Crippen LogP contribution in [-0.4, -0.2) is 21.5 Å². The van der Waals surface area contributed by atoms with Gasteiger partial charge in [-0.1, -0.05) is 29.8 Å². The van der Waals surface area contributed by atoms with Crippen LogP contribution in [0.15, 0.2) is 47.4 Å². The zero-order valence-electron chi connectivity index (χ0n) is 12.0. The third-order valence-corrected chi connectivity index (χ3v) is 4.94. The summed E-state index contributed by atoms with van der Waals surface area (Å²) in [4.78, 5) is 11.7. The molecule has 0 spiro atoms. The van der Waals surface area contributed by atoms with E-state index in [9.17, 15) is 13.2 Å². The van der Waals surface area contributed by atoms with E-state index in [1.807, 2.05) is 0 Å². The van der Waals surface area contributed by atoms with Gasteiger partial charge in [0.1, 0.15) is 0 Å². The molecule has 0 unspecified atom stereocenters. The van der Waals surface area contributed by atoms with Crippen LogP contribution >= 0.6 is 11.6 Å². The van der Waals surface area contributed by atoms with Crippen molar-refractivity contribution in [1.29, 1.82) is 0 Å². The highest BCUT2D eigenvalue weighted by Crippen LogP contribution is 2.26. The number of para-hydroxylation sites is 1. The van der Waals surface area contributed by atoms with E-state index in [4.69, 9.17) is 11.6 Å². The average Bonchev–Trinajstić information content (AvgIpc) is 2.48. The summed E-state index contributed by atoms with van der Waals surface area (Å²) in [7, 11) is -2.63. The first-order valence-corrected chi connectivity index (χ1v) is 8.18. The lowest BCUT2D eigenvalue weighted by atomic mass is 10.1. The topological polar surface area (TPSA) is 72.5 Å². The van der Waals surface area contributed by atoms with Crippen molar-refractivity contribution in [1.82, 2.24) is 0 Å². The summed E-state index contributed by atoms with van der Waals surface area (Å²) in [6.45, 7) is 1.55. The summed E-state index contributed by atoms with van der Waals surface area (Å²) in [5.74, 6) is -0.590. The van der Waals surface area contributed by atoms with Gasteiger partial charge in [0.05, 0.1) is 28.3 Å². The molecule has 116 valence electrons. The Morgan fingerprint density at radius 3 is 2.45 bits per heavy atom. The molecule has 0 saturated heterocycles. The van der Waals surface area contributed by atoms with Gasteiger partial charge < -0.3 is 4.74 Å². The van der Waals surface area contributed by atoms with Gasteiger partial charge in [-0.25, -0.2) is 13.2 Å². The van der Waals surface area contributed by atoms with Gasteiger partial charge in [-0.2, -0.15) is 0 Å². The number of nitrogens with one attached hydrogen (secondary N) is 1. The predicted octanol–water partition coefficient (Wildman–Crippen LogP) is 3.24. The van der Waals surface area contributed by atoms with Gasteiger partial charge in [0, 0.05) is 0 Å². The molecule has 0 aliphatic rings. The number of hydrogen-bond acceptors (Lipinski definition) is 4. The van der Waals surface area contributed by atoms with E-state index >= 15 is 0 Å². The number of methoxy groups -OCH3 is 1. The van der Waals surface area contributed by atoms with Crippen molar-refractivity contribution in [2.75, 3.05) is 11.8 Å². The van der Waals surface area contributed by atoms with E-state index in [0.717, 1.165) is 0 Å². The standard InChI is InChI=1S/C15H14ClNO4S/c1-10-11(15(18)21-2)6-5-9-14(10)22(19,20)17-13-8-4-3-7-12(13)16/h3-9,17H,1-2H3. The summed E-state index contributed by atoms with van der Waals surface area (Å²) < 4.78 is 32.1. The molecule has 0 amide bonds. The minimum absolute atomic E-state index is 0.00433. The number of rotatable bonds is 4. The van der Waals surface area contributed by atoms with E-state index in [1.165, 1.54) is 25.3 Å². The highest BCUT2D eigenvalue weighted by Gasteiger charge is 2.21. The van der Waals surface area contributed by atoms with E-state index in [-0.39, 0.29) is 21.2 Å². The Balaban J connectivity index is 2.47. The van der Waals surface area contributed by atoms with Crippen molar-refractivity contribution in [2.24, 2.45) is 0 Å². The number of carbonyl (C=O) groups is 1. The lowest BCUT2D eigenvalue weighted by molar-refractivity contribution is 0.0599. The first kappa shape index (κ1) is 16.3. The number of esters is 1. The molecule has 0 aliphatic heterocycles. The fraction of sp³-hybridized carbons (Fsp3) is 0.133. The van der Waals surface area contributed by atoms with Gasteiger partial charge in [0.15, 0.2) is 0 Å². The lowest BCUT2D eigenvalue weighted by Crippen LogP contribution is -2.16. The summed E-state index contributed by atoms with van der Waals surface area (Å²) in [6, 6.07) is 10.9. The molecular formula is C15H14ClNO4S. The van der Waals surface area contributed by atoms with Gasteiger partial charge in [0.25, 0.3) is 10.0 Å². The van der Waals surface area contributed by atoms with Crippen molar-refractivity contribution in [3.63, 3.8) is 0 Å². The van der Waals surface area contributed by atoms with Crippen molar-refractivity contribution < 1.29 is 17.9 Å². The van der Waals surface area contributed by atoms with Crippen LogP contribution < -0.4 is 4.72 Å². The second kappa shape index (κ2) is 6.37. The first-order valence-electron chi connectivity index (χ1n) is 6.32. The number of sulfonamides is 1. The van der Waals surface area contributed by atoms with Crippen LogP contribution in [-0.2, 0) is 14.8 Å². The first-order chi connectivity index (χ1) is 10.4. The van der Waals surface area contributed by atoms with Crippen molar-refractivity contribution >= 4 is 33.3 Å². The Hall–Kier alpha value is -2.05. The molecule has 0 radical (unpaired) electrons. The Morgan fingerprint density at radius 1 is 1.14 bits per heavy atom. The molecule has 5 nitrogen and oxygen atoms in total. The minimum atomic E-state index is -3.87. The molecule has 7 heteroatoms. The van der Waals surface area contributed by atoms with E-state index in [2.05, 4.69) is 9.46 Å². The quantitative estimate of drug-likeness (QED) is 0.868. The molecular weight excluding hydrogens is 326 g/mol. The molecule has 0 aliphatic carbocycles. The maximum atomic E-state index is 12.5.